The van der Waals surface area contributed by atoms with Crippen molar-refractivity contribution in [2.24, 2.45) is 5.92 Å². The third-order valence-corrected chi connectivity index (χ3v) is 4.13. The van der Waals surface area contributed by atoms with E-state index in [9.17, 15) is 27.2 Å². The first kappa shape index (κ1) is 21.5. The standard InChI is InChI=1S/C18H20F4N2O4/c19-17(20)27-13-8-6-11(14(10-13)28-18(21)22)7-9-15(25)23-24-16(26)12-4-2-1-3-5-12/h6-10,12,17-18H,1-5H2,(H,23,25)(H,24,26)/b9-7+. The van der Waals surface area contributed by atoms with Crippen LogP contribution < -0.4 is 20.3 Å². The van der Waals surface area contributed by atoms with Gasteiger partial charge in [-0.25, -0.2) is 0 Å². The van der Waals surface area contributed by atoms with Crippen molar-refractivity contribution in [2.45, 2.75) is 45.3 Å². The number of hydrazine groups is 1. The molecule has 10 heteroatoms. The van der Waals surface area contributed by atoms with Gasteiger partial charge >= 0.3 is 13.2 Å². The van der Waals surface area contributed by atoms with Gasteiger partial charge in [0.25, 0.3) is 5.91 Å². The molecule has 0 spiro atoms. The summed E-state index contributed by atoms with van der Waals surface area (Å²) in [4.78, 5) is 23.8. The molecule has 1 saturated carbocycles. The Kier molecular flexibility index (Phi) is 8.09. The molecule has 6 nitrogen and oxygen atoms in total. The molecule has 0 aliphatic heterocycles. The highest BCUT2D eigenvalue weighted by molar-refractivity contribution is 5.93. The van der Waals surface area contributed by atoms with E-state index in [0.717, 1.165) is 56.4 Å². The quantitative estimate of drug-likeness (QED) is 0.413. The van der Waals surface area contributed by atoms with Crippen LogP contribution in [0.2, 0.25) is 0 Å². The molecule has 0 aromatic heterocycles. The average molecular weight is 404 g/mol. The number of rotatable bonds is 7. The van der Waals surface area contributed by atoms with Gasteiger partial charge in [-0.3, -0.25) is 20.4 Å². The van der Waals surface area contributed by atoms with Crippen LogP contribution in [0.15, 0.2) is 24.3 Å². The normalized spacial score (nSPS) is 15.1. The maximum Gasteiger partial charge on any atom is 0.387 e. The topological polar surface area (TPSA) is 76.7 Å². The van der Waals surface area contributed by atoms with E-state index in [1.54, 1.807) is 0 Å². The summed E-state index contributed by atoms with van der Waals surface area (Å²) in [6, 6.07) is 3.16. The third-order valence-electron chi connectivity index (χ3n) is 4.13. The number of carbonyl (C=O) groups is 2. The molecule has 2 N–H and O–H groups in total. The van der Waals surface area contributed by atoms with Gasteiger partial charge in [0.05, 0.1) is 0 Å². The van der Waals surface area contributed by atoms with Crippen molar-refractivity contribution in [1.82, 2.24) is 10.9 Å². The minimum atomic E-state index is -3.20. The predicted molar refractivity (Wildman–Crippen MR) is 91.6 cm³/mol. The van der Waals surface area contributed by atoms with Gasteiger partial charge in [0.15, 0.2) is 0 Å². The fourth-order valence-electron chi connectivity index (χ4n) is 2.82. The Balaban J connectivity index is 1.96. The summed E-state index contributed by atoms with van der Waals surface area (Å²) < 4.78 is 57.9. The molecular formula is C18H20F4N2O4. The zero-order chi connectivity index (χ0) is 20.5. The fraction of sp³-hybridized carbons (Fsp3) is 0.444. The second-order valence-electron chi connectivity index (χ2n) is 6.10. The molecule has 0 bridgehead atoms. The van der Waals surface area contributed by atoms with Gasteiger partial charge in [0.1, 0.15) is 11.5 Å². The second-order valence-corrected chi connectivity index (χ2v) is 6.10. The summed E-state index contributed by atoms with van der Waals surface area (Å²) in [7, 11) is 0. The van der Waals surface area contributed by atoms with Gasteiger partial charge in [0.2, 0.25) is 5.91 Å². The molecule has 0 radical (unpaired) electrons. The summed E-state index contributed by atoms with van der Waals surface area (Å²) in [5.74, 6) is -1.93. The number of hydrogen-bond donors (Lipinski definition) is 2. The van der Waals surface area contributed by atoms with Crippen molar-refractivity contribution in [3.8, 4) is 11.5 Å². The zero-order valence-corrected chi connectivity index (χ0v) is 14.8. The summed E-state index contributed by atoms with van der Waals surface area (Å²) in [6.07, 6.45) is 6.67. The largest absolute Gasteiger partial charge is 0.435 e. The van der Waals surface area contributed by atoms with E-state index in [-0.39, 0.29) is 23.1 Å². The molecule has 1 aliphatic carbocycles. The molecule has 0 heterocycles. The third kappa shape index (κ3) is 7.09. The van der Waals surface area contributed by atoms with Crippen molar-refractivity contribution in [1.29, 1.82) is 0 Å². The van der Waals surface area contributed by atoms with Crippen LogP contribution in [-0.4, -0.2) is 25.0 Å². The molecule has 0 saturated heterocycles. The Labute approximate surface area is 158 Å². The van der Waals surface area contributed by atoms with Crippen molar-refractivity contribution < 1.29 is 36.6 Å². The molecule has 2 rings (SSSR count). The van der Waals surface area contributed by atoms with Crippen molar-refractivity contribution in [2.75, 3.05) is 0 Å². The minimum Gasteiger partial charge on any atom is -0.435 e. The minimum absolute atomic E-state index is 0.0377. The number of ether oxygens (including phenoxy) is 2. The summed E-state index contributed by atoms with van der Waals surface area (Å²) in [5.41, 5.74) is 4.57. The second kappa shape index (κ2) is 10.5. The molecule has 28 heavy (non-hydrogen) atoms. The van der Waals surface area contributed by atoms with E-state index >= 15 is 0 Å². The SMILES string of the molecule is O=C(/C=C/c1ccc(OC(F)F)cc1OC(F)F)NNC(=O)C1CCCCC1. The van der Waals surface area contributed by atoms with Crippen LogP contribution in [-0.2, 0) is 9.59 Å². The zero-order valence-electron chi connectivity index (χ0n) is 14.8. The summed E-state index contributed by atoms with van der Waals surface area (Å²) >= 11 is 0. The first-order valence-corrected chi connectivity index (χ1v) is 8.66. The van der Waals surface area contributed by atoms with Crippen LogP contribution in [0.4, 0.5) is 17.6 Å². The number of amides is 2. The lowest BCUT2D eigenvalue weighted by Crippen LogP contribution is -2.44. The van der Waals surface area contributed by atoms with E-state index in [2.05, 4.69) is 20.3 Å². The average Bonchev–Trinajstić information content (AvgIpc) is 2.65. The fourth-order valence-corrected chi connectivity index (χ4v) is 2.82. The molecular weight excluding hydrogens is 384 g/mol. The van der Waals surface area contributed by atoms with Crippen molar-refractivity contribution >= 4 is 17.9 Å². The van der Waals surface area contributed by atoms with E-state index in [0.29, 0.717) is 0 Å². The first-order valence-electron chi connectivity index (χ1n) is 8.66. The lowest BCUT2D eigenvalue weighted by Gasteiger charge is -2.20. The molecule has 2 amide bonds. The maximum atomic E-state index is 12.5. The smallest absolute Gasteiger partial charge is 0.387 e. The van der Waals surface area contributed by atoms with Gasteiger partial charge in [-0.1, -0.05) is 19.3 Å². The Hall–Kier alpha value is -2.78. The highest BCUT2D eigenvalue weighted by atomic mass is 19.3. The molecule has 1 aliphatic rings. The van der Waals surface area contributed by atoms with Gasteiger partial charge in [-0.2, -0.15) is 17.6 Å². The van der Waals surface area contributed by atoms with Gasteiger partial charge < -0.3 is 9.47 Å². The Bertz CT molecular complexity index is 707. The van der Waals surface area contributed by atoms with Crippen molar-refractivity contribution in [3.05, 3.63) is 29.8 Å². The number of nitrogens with one attached hydrogen (secondary N) is 2. The number of alkyl halides is 4. The van der Waals surface area contributed by atoms with Crippen LogP contribution in [0.1, 0.15) is 37.7 Å². The molecule has 1 aromatic carbocycles. The number of halogens is 4. The highest BCUT2D eigenvalue weighted by Crippen LogP contribution is 2.28. The monoisotopic (exact) mass is 404 g/mol. The summed E-state index contributed by atoms with van der Waals surface area (Å²) in [6.45, 7) is -6.32. The molecule has 0 unspecified atom stereocenters. The Morgan fingerprint density at radius 1 is 1.00 bits per heavy atom. The molecule has 154 valence electrons. The van der Waals surface area contributed by atoms with Crippen LogP contribution >= 0.6 is 0 Å². The van der Waals surface area contributed by atoms with Gasteiger partial charge in [-0.15, -0.1) is 0 Å². The predicted octanol–water partition coefficient (Wildman–Crippen LogP) is 3.63. The highest BCUT2D eigenvalue weighted by Gasteiger charge is 2.21. The number of benzene rings is 1. The Morgan fingerprint density at radius 3 is 2.32 bits per heavy atom. The lowest BCUT2D eigenvalue weighted by molar-refractivity contribution is -0.130. The first-order chi connectivity index (χ1) is 13.3. The number of hydrogen-bond acceptors (Lipinski definition) is 4. The molecule has 1 fully saturated rings. The van der Waals surface area contributed by atoms with E-state index < -0.39 is 24.9 Å². The maximum absolute atomic E-state index is 12.5. The molecule has 0 atom stereocenters. The number of carbonyl (C=O) groups excluding carboxylic acids is 2. The van der Waals surface area contributed by atoms with Crippen LogP contribution in [0, 0.1) is 5.92 Å². The van der Waals surface area contributed by atoms with Gasteiger partial charge in [-0.05, 0) is 31.1 Å². The van der Waals surface area contributed by atoms with Crippen LogP contribution in [0.25, 0.3) is 6.08 Å². The van der Waals surface area contributed by atoms with Crippen LogP contribution in [0.3, 0.4) is 0 Å². The van der Waals surface area contributed by atoms with Crippen molar-refractivity contribution in [3.63, 3.8) is 0 Å². The Morgan fingerprint density at radius 2 is 1.68 bits per heavy atom. The van der Waals surface area contributed by atoms with E-state index in [4.69, 9.17) is 0 Å². The summed E-state index contributed by atoms with van der Waals surface area (Å²) in [5, 5.41) is 0. The van der Waals surface area contributed by atoms with Crippen LogP contribution in [0.5, 0.6) is 11.5 Å². The lowest BCUT2D eigenvalue weighted by atomic mass is 9.89. The van der Waals surface area contributed by atoms with Gasteiger partial charge in [0, 0.05) is 23.6 Å². The molecule has 1 aromatic rings. The van der Waals surface area contributed by atoms with E-state index in [1.165, 1.54) is 6.07 Å². The van der Waals surface area contributed by atoms with E-state index in [1.807, 2.05) is 0 Å².